The van der Waals surface area contributed by atoms with Gasteiger partial charge in [0.05, 0.1) is 19.2 Å². The molecule has 1 aliphatic carbocycles. The number of ether oxygens (including phenoxy) is 3. The number of nitrogens with zero attached hydrogens (tertiary/aromatic N) is 3. The lowest BCUT2D eigenvalue weighted by atomic mass is 10.0. The van der Waals surface area contributed by atoms with Gasteiger partial charge in [-0.2, -0.15) is 0 Å². The number of carboxylic acids is 1. The monoisotopic (exact) mass is 687 g/mol. The predicted octanol–water partition coefficient (Wildman–Crippen LogP) is 4.76. The molecule has 6 rings (SSSR count). The van der Waals surface area contributed by atoms with Crippen molar-refractivity contribution in [1.82, 2.24) is 25.1 Å². The molecule has 3 amide bonds. The number of allylic oxidation sites excluding steroid dienone is 1. The largest absolute Gasteiger partial charge is 0.497 e. The Balaban J connectivity index is 1.34. The van der Waals surface area contributed by atoms with E-state index in [2.05, 4.69) is 10.6 Å². The molecule has 0 spiro atoms. The quantitative estimate of drug-likeness (QED) is 0.311. The summed E-state index contributed by atoms with van der Waals surface area (Å²) >= 11 is 0. The number of benzene rings is 1. The molecule has 1 saturated carbocycles. The molecule has 4 heterocycles. The minimum atomic E-state index is -1.44. The Hall–Kier alpha value is -5.07. The second-order valence-electron chi connectivity index (χ2n) is 14.3. The van der Waals surface area contributed by atoms with Crippen molar-refractivity contribution >= 4 is 34.8 Å². The van der Waals surface area contributed by atoms with Crippen LogP contribution in [0.15, 0.2) is 60.9 Å². The van der Waals surface area contributed by atoms with Crippen LogP contribution in [0.1, 0.15) is 65.7 Å². The Kier molecular flexibility index (Phi) is 9.77. The van der Waals surface area contributed by atoms with Gasteiger partial charge in [0.15, 0.2) is 0 Å². The first kappa shape index (κ1) is 34.8. The standard InChI is InChI=1S/C37H45N5O8/c1-36(2,3)50-35(47)39-27-13-9-7-5-6-8-12-23-21-37(23,34(45)46)40-32(43)29-19-25(22-42(29)33(27)44)49-30-20-31(41-16-10-11-17-41)38-28-18-24(48-4)14-15-26(28)30/h8,10-12,14-18,20,23,25,27,29H,5-7,9,13,19,21-22H2,1-4H3,(H,39,47)(H,40,43)(H,45,46)/b12-8-/t23-,25+,27-,29-,37+/m0/s1. The summed E-state index contributed by atoms with van der Waals surface area (Å²) < 4.78 is 19.4. The average molecular weight is 688 g/mol. The number of aromatic nitrogens is 2. The molecular formula is C37H45N5O8. The fourth-order valence-electron chi connectivity index (χ4n) is 6.78. The molecule has 13 heteroatoms. The van der Waals surface area contributed by atoms with Gasteiger partial charge in [0.25, 0.3) is 0 Å². The number of amides is 3. The number of carbonyl (C=O) groups is 4. The van der Waals surface area contributed by atoms with E-state index in [0.29, 0.717) is 41.1 Å². The lowest BCUT2D eigenvalue weighted by Crippen LogP contribution is -2.56. The van der Waals surface area contributed by atoms with E-state index in [-0.39, 0.29) is 25.3 Å². The van der Waals surface area contributed by atoms with Gasteiger partial charge in [-0.05, 0) is 70.7 Å². The first-order valence-electron chi connectivity index (χ1n) is 17.2. The SMILES string of the molecule is COc1ccc2c(O[C@@H]3C[C@H]4C(=O)N[C@]5(C(=O)O)C[C@@H]5/C=C\CCCCC[C@H](NC(=O)OC(C)(C)C)C(=O)N4C3)cc(-n3cccc3)nc2c1. The van der Waals surface area contributed by atoms with Crippen molar-refractivity contribution in [2.75, 3.05) is 13.7 Å². The summed E-state index contributed by atoms with van der Waals surface area (Å²) in [6.45, 7) is 5.26. The van der Waals surface area contributed by atoms with Crippen LogP contribution in [0.25, 0.3) is 16.7 Å². The molecule has 3 aromatic rings. The zero-order valence-corrected chi connectivity index (χ0v) is 28.9. The normalized spacial score (nSPS) is 26.4. The fraction of sp³-hybridized carbons (Fsp3) is 0.486. The minimum Gasteiger partial charge on any atom is -0.497 e. The van der Waals surface area contributed by atoms with Crippen LogP contribution in [-0.2, 0) is 19.1 Å². The van der Waals surface area contributed by atoms with Crippen LogP contribution in [0.5, 0.6) is 11.5 Å². The number of nitrogens with one attached hydrogen (secondary N) is 2. The molecule has 0 bridgehead atoms. The molecule has 3 N–H and O–H groups in total. The summed E-state index contributed by atoms with van der Waals surface area (Å²) in [4.78, 5) is 60.0. The number of methoxy groups -OCH3 is 1. The van der Waals surface area contributed by atoms with E-state index in [1.807, 2.05) is 53.4 Å². The highest BCUT2D eigenvalue weighted by Crippen LogP contribution is 2.45. The summed E-state index contributed by atoms with van der Waals surface area (Å²) in [7, 11) is 1.58. The molecule has 2 fully saturated rings. The van der Waals surface area contributed by atoms with Crippen molar-refractivity contribution in [1.29, 1.82) is 0 Å². The van der Waals surface area contributed by atoms with Crippen LogP contribution in [0.3, 0.4) is 0 Å². The van der Waals surface area contributed by atoms with E-state index in [1.165, 1.54) is 4.90 Å². The van der Waals surface area contributed by atoms with Gasteiger partial charge >= 0.3 is 12.1 Å². The van der Waals surface area contributed by atoms with Crippen LogP contribution in [-0.4, -0.2) is 86.4 Å². The summed E-state index contributed by atoms with van der Waals surface area (Å²) in [6, 6.07) is 9.03. The number of rotatable bonds is 6. The Bertz CT molecular complexity index is 1780. The summed E-state index contributed by atoms with van der Waals surface area (Å²) in [6.07, 6.45) is 9.94. The zero-order chi connectivity index (χ0) is 35.6. The molecule has 2 aliphatic heterocycles. The second kappa shape index (κ2) is 14.0. The van der Waals surface area contributed by atoms with Gasteiger partial charge in [-0.15, -0.1) is 0 Å². The van der Waals surface area contributed by atoms with Crippen LogP contribution >= 0.6 is 0 Å². The smallest absolute Gasteiger partial charge is 0.408 e. The van der Waals surface area contributed by atoms with Gasteiger partial charge in [-0.25, -0.2) is 14.6 Å². The number of hydrogen-bond donors (Lipinski definition) is 3. The highest BCUT2D eigenvalue weighted by Gasteiger charge is 2.61. The highest BCUT2D eigenvalue weighted by atomic mass is 16.6. The maximum Gasteiger partial charge on any atom is 0.408 e. The number of carbonyl (C=O) groups excluding carboxylic acids is 3. The Morgan fingerprint density at radius 1 is 1.10 bits per heavy atom. The third-order valence-corrected chi connectivity index (χ3v) is 9.44. The van der Waals surface area contributed by atoms with Gasteiger partial charge in [0, 0.05) is 42.3 Å². The van der Waals surface area contributed by atoms with Crippen LogP contribution in [0, 0.1) is 5.92 Å². The van der Waals surface area contributed by atoms with E-state index in [9.17, 15) is 24.3 Å². The van der Waals surface area contributed by atoms with E-state index in [1.54, 1.807) is 40.0 Å². The summed E-state index contributed by atoms with van der Waals surface area (Å²) in [5, 5.41) is 16.4. The Morgan fingerprint density at radius 3 is 2.60 bits per heavy atom. The third-order valence-electron chi connectivity index (χ3n) is 9.44. The maximum atomic E-state index is 14.4. The van der Waals surface area contributed by atoms with Gasteiger partial charge in [0.2, 0.25) is 11.8 Å². The summed E-state index contributed by atoms with van der Waals surface area (Å²) in [5.41, 5.74) is -1.59. The van der Waals surface area contributed by atoms with E-state index in [4.69, 9.17) is 19.2 Å². The van der Waals surface area contributed by atoms with Crippen molar-refractivity contribution in [3.8, 4) is 17.3 Å². The van der Waals surface area contributed by atoms with Crippen molar-refractivity contribution in [3.05, 3.63) is 60.9 Å². The fourth-order valence-corrected chi connectivity index (χ4v) is 6.78. The molecule has 266 valence electrons. The number of aliphatic carboxylic acids is 1. The number of pyridine rings is 1. The van der Waals surface area contributed by atoms with Crippen molar-refractivity contribution in [2.45, 2.75) is 95.0 Å². The number of hydrogen-bond acceptors (Lipinski definition) is 8. The first-order valence-corrected chi connectivity index (χ1v) is 17.2. The maximum absolute atomic E-state index is 14.4. The molecule has 13 nitrogen and oxygen atoms in total. The van der Waals surface area contributed by atoms with Crippen LogP contribution in [0.4, 0.5) is 4.79 Å². The second-order valence-corrected chi connectivity index (χ2v) is 14.3. The lowest BCUT2D eigenvalue weighted by molar-refractivity contribution is -0.145. The van der Waals surface area contributed by atoms with Gasteiger partial charge < -0.3 is 39.4 Å². The lowest BCUT2D eigenvalue weighted by Gasteiger charge is -2.30. The van der Waals surface area contributed by atoms with Gasteiger partial charge in [0.1, 0.15) is 46.6 Å². The van der Waals surface area contributed by atoms with E-state index >= 15 is 0 Å². The Morgan fingerprint density at radius 2 is 1.88 bits per heavy atom. The molecular weight excluding hydrogens is 642 g/mol. The Labute approximate surface area is 291 Å². The van der Waals surface area contributed by atoms with Crippen LogP contribution in [0.2, 0.25) is 0 Å². The molecule has 2 aromatic heterocycles. The number of fused-ring (bicyclic) bond motifs is 3. The van der Waals surface area contributed by atoms with Crippen molar-refractivity contribution in [3.63, 3.8) is 0 Å². The minimum absolute atomic E-state index is 0.0334. The molecule has 50 heavy (non-hydrogen) atoms. The third kappa shape index (κ3) is 7.56. The number of alkyl carbamates (subject to hydrolysis) is 1. The number of carboxylic acid groups (broad SMARTS) is 1. The van der Waals surface area contributed by atoms with Crippen molar-refractivity contribution in [2.24, 2.45) is 5.92 Å². The molecule has 0 unspecified atom stereocenters. The molecule has 3 aliphatic rings. The molecule has 0 radical (unpaired) electrons. The highest BCUT2D eigenvalue weighted by molar-refractivity contribution is 5.96. The van der Waals surface area contributed by atoms with Crippen molar-refractivity contribution < 1.29 is 38.5 Å². The summed E-state index contributed by atoms with van der Waals surface area (Å²) in [5.74, 6) is -0.770. The average Bonchev–Trinajstić information content (AvgIpc) is 3.38. The molecule has 1 aromatic carbocycles. The first-order chi connectivity index (χ1) is 23.9. The topological polar surface area (TPSA) is 161 Å². The zero-order valence-electron chi connectivity index (χ0n) is 28.9. The molecule has 5 atom stereocenters. The molecule has 1 saturated heterocycles. The van der Waals surface area contributed by atoms with Gasteiger partial charge in [-0.3, -0.25) is 9.59 Å². The predicted molar refractivity (Wildman–Crippen MR) is 184 cm³/mol. The van der Waals surface area contributed by atoms with E-state index < -0.39 is 53.2 Å². The van der Waals surface area contributed by atoms with Gasteiger partial charge in [-0.1, -0.05) is 25.0 Å². The van der Waals surface area contributed by atoms with Crippen LogP contribution < -0.4 is 20.1 Å². The van der Waals surface area contributed by atoms with E-state index in [0.717, 1.165) is 19.3 Å².